The van der Waals surface area contributed by atoms with E-state index in [0.717, 1.165) is 19.3 Å². The number of aromatic nitrogens is 4. The summed E-state index contributed by atoms with van der Waals surface area (Å²) in [6.45, 7) is 7.05. The van der Waals surface area contributed by atoms with E-state index < -0.39 is 17.3 Å². The third-order valence-electron chi connectivity index (χ3n) is 7.21. The molecule has 0 bridgehead atoms. The molecule has 1 aromatic carbocycles. The van der Waals surface area contributed by atoms with Crippen molar-refractivity contribution >= 4 is 29.4 Å². The molecule has 12 heteroatoms. The van der Waals surface area contributed by atoms with Gasteiger partial charge in [0, 0.05) is 29.9 Å². The van der Waals surface area contributed by atoms with Gasteiger partial charge in [0.15, 0.2) is 0 Å². The lowest BCUT2D eigenvalue weighted by molar-refractivity contribution is 0.0187. The fraction of sp³-hybridized carbons (Fsp3) is 0.462. The summed E-state index contributed by atoms with van der Waals surface area (Å²) in [4.78, 5) is 26.6. The van der Waals surface area contributed by atoms with Crippen molar-refractivity contribution in [3.8, 4) is 11.3 Å². The predicted octanol–water partition coefficient (Wildman–Crippen LogP) is 4.23. The van der Waals surface area contributed by atoms with Crippen molar-refractivity contribution in [1.82, 2.24) is 24.5 Å². The van der Waals surface area contributed by atoms with Crippen LogP contribution in [0, 0.1) is 11.2 Å². The van der Waals surface area contributed by atoms with Gasteiger partial charge in [-0.1, -0.05) is 11.6 Å². The number of benzene rings is 1. The second-order valence-corrected chi connectivity index (χ2v) is 11.7. The lowest BCUT2D eigenvalue weighted by atomic mass is 9.65. The number of carbonyl (C=O) groups excluding carboxylic acids is 2. The lowest BCUT2D eigenvalue weighted by Gasteiger charge is -2.45. The molecular formula is C26H31ClFN7O3. The third-order valence-corrected chi connectivity index (χ3v) is 7.58. The Morgan fingerprint density at radius 2 is 2.03 bits per heavy atom. The maximum Gasteiger partial charge on any atom is 0.410 e. The van der Waals surface area contributed by atoms with Crippen molar-refractivity contribution < 1.29 is 18.7 Å². The fourth-order valence-corrected chi connectivity index (χ4v) is 5.62. The molecule has 1 spiro atoms. The molecule has 38 heavy (non-hydrogen) atoms. The number of nitrogen functional groups attached to an aromatic ring is 1. The Morgan fingerprint density at radius 1 is 1.29 bits per heavy atom. The zero-order valence-corrected chi connectivity index (χ0v) is 22.3. The number of rotatable bonds is 5. The van der Waals surface area contributed by atoms with E-state index in [9.17, 15) is 14.0 Å². The molecule has 2 aliphatic rings. The van der Waals surface area contributed by atoms with Crippen LogP contribution >= 0.6 is 11.6 Å². The van der Waals surface area contributed by atoms with E-state index in [1.807, 2.05) is 20.8 Å². The van der Waals surface area contributed by atoms with Crippen LogP contribution in [0.5, 0.6) is 0 Å². The average Bonchev–Trinajstić information content (AvgIpc) is 3.51. The van der Waals surface area contributed by atoms with E-state index in [2.05, 4.69) is 10.2 Å². The Bertz CT molecular complexity index is 1400. The molecule has 0 atom stereocenters. The quantitative estimate of drug-likeness (QED) is 0.494. The topological polar surface area (TPSA) is 134 Å². The van der Waals surface area contributed by atoms with Crippen molar-refractivity contribution in [2.75, 3.05) is 18.8 Å². The van der Waals surface area contributed by atoms with Crippen LogP contribution in [0.1, 0.15) is 62.0 Å². The number of halogens is 2. The molecule has 2 amide bonds. The molecule has 1 aliphatic heterocycles. The van der Waals surface area contributed by atoms with Gasteiger partial charge in [-0.15, -0.1) is 0 Å². The van der Waals surface area contributed by atoms with Gasteiger partial charge in [0.25, 0.3) is 5.91 Å². The molecule has 2 fully saturated rings. The van der Waals surface area contributed by atoms with E-state index in [1.165, 1.54) is 18.2 Å². The summed E-state index contributed by atoms with van der Waals surface area (Å²) in [5, 5.41) is 9.43. The van der Waals surface area contributed by atoms with Crippen molar-refractivity contribution in [2.24, 2.45) is 11.1 Å². The van der Waals surface area contributed by atoms with Crippen LogP contribution in [0.3, 0.4) is 0 Å². The van der Waals surface area contributed by atoms with Crippen molar-refractivity contribution in [3.63, 3.8) is 0 Å². The van der Waals surface area contributed by atoms with Crippen LogP contribution in [0.25, 0.3) is 11.3 Å². The minimum Gasteiger partial charge on any atom is -0.444 e. The second-order valence-electron chi connectivity index (χ2n) is 11.3. The Hall–Kier alpha value is -3.60. The zero-order valence-electron chi connectivity index (χ0n) is 21.6. The molecule has 202 valence electrons. The number of ether oxygens (including phenoxy) is 1. The maximum absolute atomic E-state index is 13.7. The Morgan fingerprint density at radius 3 is 2.71 bits per heavy atom. The number of likely N-dealkylation sites (tertiary alicyclic amines) is 1. The molecule has 3 heterocycles. The Kier molecular flexibility index (Phi) is 6.37. The van der Waals surface area contributed by atoms with Gasteiger partial charge in [-0.25, -0.2) is 13.9 Å². The van der Waals surface area contributed by atoms with Crippen LogP contribution in [0.15, 0.2) is 30.6 Å². The number of anilines is 1. The van der Waals surface area contributed by atoms with E-state index in [1.54, 1.807) is 26.7 Å². The molecule has 1 saturated carbocycles. The normalized spacial score (nSPS) is 21.1. The van der Waals surface area contributed by atoms with Gasteiger partial charge in [0.1, 0.15) is 28.5 Å². The molecule has 2 aromatic heterocycles. The molecule has 0 radical (unpaired) electrons. The number of primary amides is 1. The molecule has 1 aliphatic carbocycles. The standard InChI is InChI=1S/C26H31ClFN7O3/c1-25(2,3)38-24(37)33-7-6-26(14-33)9-18(10-26)35-22(29)20(23(30)36)21(32-35)16-11-31-34(13-16)12-15-8-17(28)4-5-19(15)27/h4-5,8,11,13,18H,6-7,9-10,12,14,29H2,1-3H3,(H2,30,36)/t18-,26-. The van der Waals surface area contributed by atoms with E-state index >= 15 is 0 Å². The molecule has 5 rings (SSSR count). The first kappa shape index (κ1) is 26.0. The highest BCUT2D eigenvalue weighted by Crippen LogP contribution is 2.55. The first-order valence-electron chi connectivity index (χ1n) is 12.5. The van der Waals surface area contributed by atoms with Crippen molar-refractivity contribution in [1.29, 1.82) is 0 Å². The smallest absolute Gasteiger partial charge is 0.410 e. The van der Waals surface area contributed by atoms with Gasteiger partial charge >= 0.3 is 6.09 Å². The monoisotopic (exact) mass is 543 g/mol. The highest BCUT2D eigenvalue weighted by atomic mass is 35.5. The number of nitrogens with two attached hydrogens (primary N) is 2. The Labute approximate surface area is 224 Å². The summed E-state index contributed by atoms with van der Waals surface area (Å²) in [7, 11) is 0. The molecular weight excluding hydrogens is 513 g/mol. The molecule has 3 aromatic rings. The minimum atomic E-state index is -0.685. The minimum absolute atomic E-state index is 0.0257. The first-order valence-corrected chi connectivity index (χ1v) is 12.8. The SMILES string of the molecule is CC(C)(C)OC(=O)N1CC[C@]2(C1)C[C@H](n1nc(-c3cnn(Cc4cc(F)ccc4Cl)c3)c(C(N)=O)c1N)C2. The van der Waals surface area contributed by atoms with Crippen LogP contribution in [-0.2, 0) is 11.3 Å². The van der Waals surface area contributed by atoms with Gasteiger partial charge in [0.2, 0.25) is 0 Å². The summed E-state index contributed by atoms with van der Waals surface area (Å²) in [6, 6.07) is 4.11. The van der Waals surface area contributed by atoms with Crippen LogP contribution in [-0.4, -0.2) is 55.2 Å². The predicted molar refractivity (Wildman–Crippen MR) is 140 cm³/mol. The highest BCUT2D eigenvalue weighted by Gasteiger charge is 2.51. The van der Waals surface area contributed by atoms with Crippen LogP contribution in [0.2, 0.25) is 5.02 Å². The summed E-state index contributed by atoms with van der Waals surface area (Å²) < 4.78 is 22.4. The van der Waals surface area contributed by atoms with E-state index in [0.29, 0.717) is 34.9 Å². The van der Waals surface area contributed by atoms with Gasteiger partial charge in [0.05, 0.1) is 18.8 Å². The number of hydrogen-bond donors (Lipinski definition) is 2. The lowest BCUT2D eigenvalue weighted by Crippen LogP contribution is -2.43. The number of nitrogens with zero attached hydrogens (tertiary/aromatic N) is 5. The van der Waals surface area contributed by atoms with Gasteiger partial charge in [-0.05, 0) is 69.2 Å². The van der Waals surface area contributed by atoms with Crippen molar-refractivity contribution in [3.05, 3.63) is 52.6 Å². The number of carbonyl (C=O) groups is 2. The number of amides is 2. The summed E-state index contributed by atoms with van der Waals surface area (Å²) in [5.41, 5.74) is 13.1. The summed E-state index contributed by atoms with van der Waals surface area (Å²) >= 11 is 6.19. The van der Waals surface area contributed by atoms with Gasteiger partial charge < -0.3 is 21.1 Å². The van der Waals surface area contributed by atoms with Gasteiger partial charge in [-0.2, -0.15) is 10.2 Å². The third kappa shape index (κ3) is 4.94. The Balaban J connectivity index is 1.33. The largest absolute Gasteiger partial charge is 0.444 e. The average molecular weight is 544 g/mol. The van der Waals surface area contributed by atoms with E-state index in [4.69, 9.17) is 27.8 Å². The van der Waals surface area contributed by atoms with Gasteiger partial charge in [-0.3, -0.25) is 9.48 Å². The van der Waals surface area contributed by atoms with E-state index in [-0.39, 0.29) is 35.5 Å². The zero-order chi connectivity index (χ0) is 27.4. The summed E-state index contributed by atoms with van der Waals surface area (Å²) in [5.74, 6) is -0.875. The van der Waals surface area contributed by atoms with Crippen LogP contribution < -0.4 is 11.5 Å². The molecule has 4 N–H and O–H groups in total. The second kappa shape index (κ2) is 9.30. The summed E-state index contributed by atoms with van der Waals surface area (Å²) in [6.07, 6.45) is 5.36. The number of hydrogen-bond acceptors (Lipinski definition) is 6. The molecule has 1 saturated heterocycles. The highest BCUT2D eigenvalue weighted by molar-refractivity contribution is 6.31. The first-order chi connectivity index (χ1) is 17.8. The van der Waals surface area contributed by atoms with Crippen molar-refractivity contribution in [2.45, 2.75) is 58.2 Å². The molecule has 10 nitrogen and oxygen atoms in total. The molecule has 0 unspecified atom stereocenters. The maximum atomic E-state index is 13.7. The van der Waals surface area contributed by atoms with Crippen LogP contribution in [0.4, 0.5) is 15.0 Å². The fourth-order valence-electron chi connectivity index (χ4n) is 5.45.